The predicted molar refractivity (Wildman–Crippen MR) is 328 cm³/mol. The summed E-state index contributed by atoms with van der Waals surface area (Å²) in [6, 6.07) is 44.7. The number of unbranched alkanes of at least 4 members (excludes halogenated alkanes) is 1. The summed E-state index contributed by atoms with van der Waals surface area (Å²) in [5, 5.41) is 7.43. The standard InChI is InChI=1S/C27H37N3O3.C22H30N4.C20H25N3/c1-3-4-16-32-24-17-23(30(19-24)27(31)33-20-21-10-6-5-7-11-21)18-29(2)25-14-8-12-22-13-9-15-28-26(22)25;1-25(21-11-5-9-19-10-6-12-24-22(19)21)16-20-17-26(14-13-23-20)15-18-7-3-2-4-8-18;1-23(19-10-4-8-15-9-5-11-21-20(15)19)14-18-12-16-6-2-3-7-17(16)13-22-18/h5-7,9-11,13,15,23-25H,3-4,8,12,14,16-20H2,1-2H3;2-4,6-8,10,12,20-21,23H,5,9,11,13-17H2,1H3;2-3,5-7,9,11,18-19,22H,4,8,10,12-14H2,1H3/t23?,24?,25-;20?,21-;18?,19-/m000/s1. The van der Waals surface area contributed by atoms with E-state index >= 15 is 0 Å². The fourth-order valence-electron chi connectivity index (χ4n) is 13.7. The molecule has 3 aromatic carbocycles. The van der Waals surface area contributed by atoms with E-state index in [0.717, 1.165) is 103 Å². The van der Waals surface area contributed by atoms with Crippen molar-refractivity contribution < 1.29 is 14.3 Å². The minimum Gasteiger partial charge on any atom is -0.445 e. The molecule has 82 heavy (non-hydrogen) atoms. The van der Waals surface area contributed by atoms with Crippen molar-refractivity contribution >= 4 is 6.09 Å². The van der Waals surface area contributed by atoms with Crippen LogP contribution in [0.1, 0.15) is 139 Å². The Balaban J connectivity index is 0.000000140. The molecule has 436 valence electrons. The predicted octanol–water partition coefficient (Wildman–Crippen LogP) is 11.0. The van der Waals surface area contributed by atoms with Gasteiger partial charge in [0.05, 0.1) is 53.9 Å². The highest BCUT2D eigenvalue weighted by atomic mass is 16.6. The van der Waals surface area contributed by atoms with Gasteiger partial charge in [0.15, 0.2) is 0 Å². The molecule has 6 aromatic rings. The molecule has 3 aliphatic heterocycles. The molecule has 2 N–H and O–H groups in total. The number of aryl methyl sites for hydroxylation is 3. The normalized spacial score (nSPS) is 23.1. The lowest BCUT2D eigenvalue weighted by molar-refractivity contribution is 0.0519. The Bertz CT molecular complexity index is 2890. The molecule has 0 spiro atoms. The molecule has 6 aliphatic rings. The Morgan fingerprint density at radius 1 is 0.598 bits per heavy atom. The van der Waals surface area contributed by atoms with Gasteiger partial charge in [-0.1, -0.05) is 116 Å². The highest BCUT2D eigenvalue weighted by Crippen LogP contribution is 2.36. The molecule has 13 nitrogen and oxygen atoms in total. The van der Waals surface area contributed by atoms with Crippen LogP contribution in [0, 0.1) is 0 Å². The molecule has 3 aliphatic carbocycles. The molecule has 0 bridgehead atoms. The van der Waals surface area contributed by atoms with Crippen LogP contribution in [-0.4, -0.2) is 143 Å². The maximum Gasteiger partial charge on any atom is 0.410 e. The van der Waals surface area contributed by atoms with Crippen LogP contribution in [0.5, 0.6) is 0 Å². The number of pyridine rings is 3. The van der Waals surface area contributed by atoms with Crippen LogP contribution in [0.25, 0.3) is 0 Å². The number of hydrogen-bond acceptors (Lipinski definition) is 12. The number of nitrogens with zero attached hydrogens (tertiary/aromatic N) is 8. The number of aromatic nitrogens is 3. The van der Waals surface area contributed by atoms with E-state index in [-0.39, 0.29) is 24.3 Å². The number of piperazine rings is 1. The zero-order valence-electron chi connectivity index (χ0n) is 49.6. The Hall–Kier alpha value is -5.90. The number of benzene rings is 3. The van der Waals surface area contributed by atoms with Crippen molar-refractivity contribution in [1.82, 2.24) is 50.1 Å². The Labute approximate surface area is 490 Å². The smallest absolute Gasteiger partial charge is 0.410 e. The number of rotatable bonds is 17. The average Bonchev–Trinajstić information content (AvgIpc) is 4.04. The molecule has 3 aromatic heterocycles. The van der Waals surface area contributed by atoms with E-state index in [1.165, 1.54) is 95.4 Å². The zero-order chi connectivity index (χ0) is 56.5. The Morgan fingerprint density at radius 3 is 1.71 bits per heavy atom. The lowest BCUT2D eigenvalue weighted by Gasteiger charge is -2.38. The van der Waals surface area contributed by atoms with Crippen molar-refractivity contribution in [3.63, 3.8) is 0 Å². The number of nitrogens with one attached hydrogen (secondary N) is 2. The summed E-state index contributed by atoms with van der Waals surface area (Å²) in [6.45, 7) is 12.1. The summed E-state index contributed by atoms with van der Waals surface area (Å²) >= 11 is 0. The average molecular weight is 1110 g/mol. The monoisotopic (exact) mass is 1110 g/mol. The molecule has 0 radical (unpaired) electrons. The number of likely N-dealkylation sites (tertiary alicyclic amines) is 1. The fraction of sp³-hybridized carbons (Fsp3) is 0.507. The van der Waals surface area contributed by atoms with Crippen LogP contribution < -0.4 is 10.6 Å². The molecular weight excluding hydrogens is 1020 g/mol. The summed E-state index contributed by atoms with van der Waals surface area (Å²) < 4.78 is 11.8. The minimum atomic E-state index is -0.249. The van der Waals surface area contributed by atoms with Gasteiger partial charge in [-0.3, -0.25) is 34.6 Å². The first kappa shape index (κ1) is 59.3. The van der Waals surface area contributed by atoms with E-state index in [1.807, 2.05) is 59.9 Å². The molecule has 13 heteroatoms. The van der Waals surface area contributed by atoms with Gasteiger partial charge in [0.1, 0.15) is 6.61 Å². The molecule has 7 atom stereocenters. The lowest BCUT2D eigenvalue weighted by atomic mass is 9.90. The number of carbonyl (C=O) groups excluding carboxylic acids is 1. The summed E-state index contributed by atoms with van der Waals surface area (Å²) in [5.41, 5.74) is 13.4. The third kappa shape index (κ3) is 16.0. The van der Waals surface area contributed by atoms with Crippen LogP contribution >= 0.6 is 0 Å². The molecule has 12 rings (SSSR count). The fourth-order valence-corrected chi connectivity index (χ4v) is 13.7. The third-order valence-electron chi connectivity index (χ3n) is 18.0. The number of fused-ring (bicyclic) bond motifs is 4. The second-order valence-corrected chi connectivity index (χ2v) is 24.0. The van der Waals surface area contributed by atoms with Crippen LogP contribution in [0.15, 0.2) is 140 Å². The van der Waals surface area contributed by atoms with Gasteiger partial charge < -0.3 is 25.0 Å². The summed E-state index contributed by atoms with van der Waals surface area (Å²) in [7, 11) is 6.69. The van der Waals surface area contributed by atoms with Gasteiger partial charge in [0.2, 0.25) is 0 Å². The van der Waals surface area contributed by atoms with Gasteiger partial charge in [-0.2, -0.15) is 0 Å². The molecule has 2 fully saturated rings. The number of carbonyl (C=O) groups is 1. The highest BCUT2D eigenvalue weighted by molar-refractivity contribution is 5.68. The summed E-state index contributed by atoms with van der Waals surface area (Å²) in [4.78, 5) is 39.1. The first-order chi connectivity index (χ1) is 40.3. The van der Waals surface area contributed by atoms with Crippen molar-refractivity contribution in [3.05, 3.63) is 196 Å². The largest absolute Gasteiger partial charge is 0.445 e. The number of hydrogen-bond donors (Lipinski definition) is 2. The van der Waals surface area contributed by atoms with Gasteiger partial charge in [0, 0.05) is 89.6 Å². The molecule has 1 amide bonds. The second kappa shape index (κ2) is 30.1. The van der Waals surface area contributed by atoms with Crippen molar-refractivity contribution in [3.8, 4) is 0 Å². The third-order valence-corrected chi connectivity index (χ3v) is 18.0. The van der Waals surface area contributed by atoms with Crippen LogP contribution in [-0.2, 0) is 54.9 Å². The van der Waals surface area contributed by atoms with Crippen molar-refractivity contribution in [1.29, 1.82) is 0 Å². The van der Waals surface area contributed by atoms with Gasteiger partial charge in [-0.25, -0.2) is 4.79 Å². The topological polar surface area (TPSA) is 114 Å². The molecule has 0 saturated carbocycles. The van der Waals surface area contributed by atoms with E-state index in [9.17, 15) is 4.79 Å². The Morgan fingerprint density at radius 2 is 1.12 bits per heavy atom. The number of ether oxygens (including phenoxy) is 2. The van der Waals surface area contributed by atoms with Crippen molar-refractivity contribution in [2.24, 2.45) is 0 Å². The van der Waals surface area contributed by atoms with E-state index in [1.54, 1.807) is 0 Å². The van der Waals surface area contributed by atoms with Gasteiger partial charge in [-0.05, 0) is 155 Å². The van der Waals surface area contributed by atoms with Crippen LogP contribution in [0.2, 0.25) is 0 Å². The molecule has 2 saturated heterocycles. The van der Waals surface area contributed by atoms with Gasteiger partial charge in [0.25, 0.3) is 0 Å². The van der Waals surface area contributed by atoms with E-state index in [0.29, 0.717) is 37.3 Å². The maximum atomic E-state index is 13.1. The minimum absolute atomic E-state index is 0.0657. The molecule has 4 unspecified atom stereocenters. The lowest BCUT2D eigenvalue weighted by Crippen LogP contribution is -2.54. The summed E-state index contributed by atoms with van der Waals surface area (Å²) in [5.74, 6) is 0. The quantitative estimate of drug-likeness (QED) is 0.0848. The number of amides is 1. The van der Waals surface area contributed by atoms with E-state index in [2.05, 4.69) is 148 Å². The van der Waals surface area contributed by atoms with Crippen molar-refractivity contribution in [2.75, 3.05) is 73.6 Å². The first-order valence-corrected chi connectivity index (χ1v) is 31.1. The van der Waals surface area contributed by atoms with Crippen LogP contribution in [0.4, 0.5) is 4.79 Å². The summed E-state index contributed by atoms with van der Waals surface area (Å²) in [6.07, 6.45) is 20.5. The molecule has 6 heterocycles. The maximum absolute atomic E-state index is 13.1. The SMILES string of the molecule is CCCCOC1CC(CN(C)[C@H]2CCCc3cccnc32)N(C(=O)OCc2ccccc2)C1.CN(CC1CN(Cc2ccccc2)CCN1)[C@H]1CCCc2cccnc21.CN(CC1Cc2ccccc2CN1)[C@H]1CCCc2cccnc21. The zero-order valence-corrected chi connectivity index (χ0v) is 49.6. The second-order valence-electron chi connectivity index (χ2n) is 24.0. The van der Waals surface area contributed by atoms with Gasteiger partial charge in [-0.15, -0.1) is 0 Å². The van der Waals surface area contributed by atoms with Crippen molar-refractivity contribution in [2.45, 2.75) is 152 Å². The van der Waals surface area contributed by atoms with E-state index in [4.69, 9.17) is 19.4 Å². The first-order valence-electron chi connectivity index (χ1n) is 31.1. The van der Waals surface area contributed by atoms with Gasteiger partial charge >= 0.3 is 6.09 Å². The molecular formula is C69H92N10O3. The van der Waals surface area contributed by atoms with Crippen LogP contribution in [0.3, 0.4) is 0 Å². The highest BCUT2D eigenvalue weighted by Gasteiger charge is 2.39. The number of likely N-dealkylation sites (N-methyl/N-ethyl adjacent to an activating group) is 3. The van der Waals surface area contributed by atoms with E-state index < -0.39 is 0 Å². The Kier molecular flexibility index (Phi) is 21.7.